The molecule has 0 saturated carbocycles. The number of nitrogens with one attached hydrogen (secondary N) is 2. The Morgan fingerprint density at radius 2 is 1.97 bits per heavy atom. The van der Waals surface area contributed by atoms with Crippen molar-refractivity contribution in [2.75, 3.05) is 0 Å². The van der Waals surface area contributed by atoms with Crippen molar-refractivity contribution >= 4 is 28.0 Å². The first kappa shape index (κ1) is 19.9. The SMILES string of the molecule is Cn1c(=O)c2[nH]cnc2n(C)c1=O.NC(Cc1c[nH]c2ccc(O)cc12)C(=O)O. The zero-order valence-electron chi connectivity index (χ0n) is 15.7. The number of hydrogen-bond acceptors (Lipinski definition) is 6. The van der Waals surface area contributed by atoms with Crippen LogP contribution in [-0.4, -0.2) is 46.3 Å². The molecule has 1 atom stereocenters. The van der Waals surface area contributed by atoms with Crippen LogP contribution in [0.15, 0.2) is 40.3 Å². The highest BCUT2D eigenvalue weighted by molar-refractivity contribution is 5.85. The standard InChI is InChI=1S/C11H12N2O3.C7H8N4O2/c12-9(11(15)16)3-6-5-13-10-2-1-7(14)4-8(6)10;1-10-5-4(8-3-9-5)6(12)11(2)7(10)13/h1-2,4-5,9,13-14H,3,12H2,(H,15,16);3H,1-2H3,(H,8,9). The molecule has 0 fully saturated rings. The van der Waals surface area contributed by atoms with E-state index in [-0.39, 0.29) is 23.4 Å². The first-order valence-electron chi connectivity index (χ1n) is 8.57. The molecule has 0 spiro atoms. The minimum absolute atomic E-state index is 0.150. The van der Waals surface area contributed by atoms with E-state index in [1.165, 1.54) is 17.9 Å². The summed E-state index contributed by atoms with van der Waals surface area (Å²) in [6.07, 6.45) is 3.34. The van der Waals surface area contributed by atoms with Gasteiger partial charge in [-0.3, -0.25) is 18.7 Å². The number of nitrogens with zero attached hydrogens (tertiary/aromatic N) is 3. The molecule has 4 rings (SSSR count). The average molecular weight is 400 g/mol. The second-order valence-corrected chi connectivity index (χ2v) is 6.50. The fourth-order valence-corrected chi connectivity index (χ4v) is 2.93. The Hall–Kier alpha value is -3.86. The first-order valence-corrected chi connectivity index (χ1v) is 8.57. The molecule has 4 aromatic rings. The van der Waals surface area contributed by atoms with Gasteiger partial charge < -0.3 is 25.9 Å². The number of rotatable bonds is 3. The van der Waals surface area contributed by atoms with Crippen molar-refractivity contribution in [3.63, 3.8) is 0 Å². The molecule has 0 aliphatic heterocycles. The van der Waals surface area contributed by atoms with E-state index in [0.29, 0.717) is 11.2 Å². The topological polar surface area (TPSA) is 172 Å². The highest BCUT2D eigenvalue weighted by Gasteiger charge is 2.15. The largest absolute Gasteiger partial charge is 0.508 e. The van der Waals surface area contributed by atoms with Gasteiger partial charge in [0, 0.05) is 37.6 Å². The van der Waals surface area contributed by atoms with Crippen LogP contribution in [0.2, 0.25) is 0 Å². The molecule has 1 unspecified atom stereocenters. The molecule has 0 amide bonds. The number of phenolic OH excluding ortho intramolecular Hbond substituents is 1. The number of carboxylic acids is 1. The number of fused-ring (bicyclic) bond motifs is 2. The molecule has 0 bridgehead atoms. The van der Waals surface area contributed by atoms with Gasteiger partial charge in [0.15, 0.2) is 5.65 Å². The summed E-state index contributed by atoms with van der Waals surface area (Å²) in [5, 5.41) is 18.9. The maximum Gasteiger partial charge on any atom is 0.332 e. The van der Waals surface area contributed by atoms with Gasteiger partial charge in [-0.2, -0.15) is 0 Å². The number of aryl methyl sites for hydroxylation is 1. The van der Waals surface area contributed by atoms with Gasteiger partial charge in [0.05, 0.1) is 6.33 Å². The molecular formula is C18H20N6O5. The van der Waals surface area contributed by atoms with Crippen LogP contribution in [0, 0.1) is 0 Å². The number of aromatic nitrogens is 5. The van der Waals surface area contributed by atoms with Crippen molar-refractivity contribution < 1.29 is 15.0 Å². The predicted octanol–water partition coefficient (Wildman–Crippen LogP) is -0.212. The van der Waals surface area contributed by atoms with Crippen molar-refractivity contribution in [2.24, 2.45) is 19.8 Å². The maximum atomic E-state index is 11.4. The van der Waals surface area contributed by atoms with E-state index < -0.39 is 12.0 Å². The van der Waals surface area contributed by atoms with Gasteiger partial charge in [-0.25, -0.2) is 9.78 Å². The number of imidazole rings is 1. The molecule has 0 radical (unpaired) electrons. The lowest BCUT2D eigenvalue weighted by atomic mass is 10.1. The molecule has 152 valence electrons. The highest BCUT2D eigenvalue weighted by Crippen LogP contribution is 2.23. The lowest BCUT2D eigenvalue weighted by Crippen LogP contribution is -2.36. The molecule has 3 heterocycles. The lowest BCUT2D eigenvalue weighted by molar-refractivity contribution is -0.138. The van der Waals surface area contributed by atoms with E-state index >= 15 is 0 Å². The number of aromatic amines is 2. The van der Waals surface area contributed by atoms with Gasteiger partial charge in [-0.05, 0) is 23.8 Å². The van der Waals surface area contributed by atoms with Crippen molar-refractivity contribution in [3.05, 3.63) is 57.1 Å². The maximum absolute atomic E-state index is 11.4. The lowest BCUT2D eigenvalue weighted by Gasteiger charge is -2.04. The summed E-state index contributed by atoms with van der Waals surface area (Å²) in [6.45, 7) is 0. The number of phenols is 1. The number of aliphatic carboxylic acids is 1. The summed E-state index contributed by atoms with van der Waals surface area (Å²) < 4.78 is 2.37. The molecular weight excluding hydrogens is 380 g/mol. The Morgan fingerprint density at radius 1 is 1.24 bits per heavy atom. The van der Waals surface area contributed by atoms with Crippen molar-refractivity contribution in [3.8, 4) is 5.75 Å². The number of carboxylic acid groups (broad SMARTS) is 1. The number of aromatic hydroxyl groups is 1. The minimum atomic E-state index is -1.03. The third-order valence-corrected chi connectivity index (χ3v) is 4.54. The zero-order valence-corrected chi connectivity index (χ0v) is 15.7. The minimum Gasteiger partial charge on any atom is -0.508 e. The van der Waals surface area contributed by atoms with Crippen LogP contribution >= 0.6 is 0 Å². The Morgan fingerprint density at radius 3 is 2.66 bits per heavy atom. The molecule has 1 aromatic carbocycles. The number of H-pyrrole nitrogens is 2. The van der Waals surface area contributed by atoms with Crippen LogP contribution in [0.1, 0.15) is 5.56 Å². The van der Waals surface area contributed by atoms with Gasteiger partial charge in [0.1, 0.15) is 17.3 Å². The van der Waals surface area contributed by atoms with E-state index in [1.807, 2.05) is 0 Å². The molecule has 3 aromatic heterocycles. The van der Waals surface area contributed by atoms with Crippen molar-refractivity contribution in [1.82, 2.24) is 24.1 Å². The Balaban J connectivity index is 0.000000169. The van der Waals surface area contributed by atoms with Gasteiger partial charge in [0.25, 0.3) is 5.56 Å². The summed E-state index contributed by atoms with van der Waals surface area (Å²) in [7, 11) is 3.01. The smallest absolute Gasteiger partial charge is 0.332 e. The predicted molar refractivity (Wildman–Crippen MR) is 106 cm³/mol. The quantitative estimate of drug-likeness (QED) is 0.316. The van der Waals surface area contributed by atoms with Crippen LogP contribution < -0.4 is 17.0 Å². The van der Waals surface area contributed by atoms with Crippen molar-refractivity contribution in [2.45, 2.75) is 12.5 Å². The second kappa shape index (κ2) is 7.64. The molecule has 29 heavy (non-hydrogen) atoms. The zero-order chi connectivity index (χ0) is 21.3. The summed E-state index contributed by atoms with van der Waals surface area (Å²) >= 11 is 0. The molecule has 0 saturated heterocycles. The molecule has 6 N–H and O–H groups in total. The number of nitrogens with two attached hydrogens (primary N) is 1. The number of hydrogen-bond donors (Lipinski definition) is 5. The fourth-order valence-electron chi connectivity index (χ4n) is 2.93. The van der Waals surface area contributed by atoms with Gasteiger partial charge >= 0.3 is 11.7 Å². The second-order valence-electron chi connectivity index (χ2n) is 6.50. The summed E-state index contributed by atoms with van der Waals surface area (Å²) in [4.78, 5) is 43.0. The van der Waals surface area contributed by atoms with E-state index in [1.54, 1.807) is 31.4 Å². The van der Waals surface area contributed by atoms with E-state index in [0.717, 1.165) is 21.0 Å². The fraction of sp³-hybridized carbons (Fsp3) is 0.222. The van der Waals surface area contributed by atoms with Crippen LogP contribution in [0.5, 0.6) is 5.75 Å². The molecule has 11 heteroatoms. The molecule has 11 nitrogen and oxygen atoms in total. The van der Waals surface area contributed by atoms with Crippen molar-refractivity contribution in [1.29, 1.82) is 0 Å². The summed E-state index contributed by atoms with van der Waals surface area (Å²) in [5.41, 5.74) is 7.12. The monoisotopic (exact) mass is 400 g/mol. The van der Waals surface area contributed by atoms with Gasteiger partial charge in [0.2, 0.25) is 0 Å². The van der Waals surface area contributed by atoms with Crippen LogP contribution in [-0.2, 0) is 25.3 Å². The van der Waals surface area contributed by atoms with Crippen LogP contribution in [0.3, 0.4) is 0 Å². The van der Waals surface area contributed by atoms with E-state index in [9.17, 15) is 19.5 Å². The van der Waals surface area contributed by atoms with Crippen LogP contribution in [0.4, 0.5) is 0 Å². The number of benzene rings is 1. The number of carbonyl (C=O) groups is 1. The van der Waals surface area contributed by atoms with Crippen LogP contribution in [0.25, 0.3) is 22.1 Å². The van der Waals surface area contributed by atoms with E-state index in [2.05, 4.69) is 15.0 Å². The summed E-state index contributed by atoms with van der Waals surface area (Å²) in [6, 6.07) is 3.97. The third kappa shape index (κ3) is 3.75. The summed E-state index contributed by atoms with van der Waals surface area (Å²) in [5.74, 6) is -0.883. The first-order chi connectivity index (χ1) is 13.7. The highest BCUT2D eigenvalue weighted by atomic mass is 16.4. The Labute approximate surface area is 163 Å². The average Bonchev–Trinajstić information content (AvgIpc) is 3.33. The Kier molecular flexibility index (Phi) is 5.24. The van der Waals surface area contributed by atoms with Gasteiger partial charge in [-0.15, -0.1) is 0 Å². The molecule has 0 aliphatic carbocycles. The van der Waals surface area contributed by atoms with Gasteiger partial charge in [-0.1, -0.05) is 0 Å². The third-order valence-electron chi connectivity index (χ3n) is 4.54. The normalized spacial score (nSPS) is 12.0. The molecule has 0 aliphatic rings. The Bertz CT molecular complexity index is 1310. The van der Waals surface area contributed by atoms with E-state index in [4.69, 9.17) is 10.8 Å².